The highest BCUT2D eigenvalue weighted by Gasteiger charge is 2.14. The monoisotopic (exact) mass is 479 g/mol. The molecule has 4 aromatic rings. The van der Waals surface area contributed by atoms with Gasteiger partial charge in [0.2, 0.25) is 0 Å². The first-order valence-electron chi connectivity index (χ1n) is 9.04. The average Bonchev–Trinajstić information content (AvgIpc) is 2.75. The summed E-state index contributed by atoms with van der Waals surface area (Å²) in [6, 6.07) is 21.5. The van der Waals surface area contributed by atoms with Crippen LogP contribution in [0, 0.1) is 0 Å². The zero-order valence-corrected chi connectivity index (χ0v) is 17.9. The summed E-state index contributed by atoms with van der Waals surface area (Å²) in [4.78, 5) is 30.3. The Labute approximate surface area is 185 Å². The molecule has 0 aliphatic heterocycles. The second-order valence-corrected chi connectivity index (χ2v) is 7.82. The number of nitrogens with one attached hydrogen (secondary N) is 1. The first kappa shape index (κ1) is 20.1. The number of rotatable bonds is 4. The molecule has 7 heteroatoms. The van der Waals surface area contributed by atoms with Crippen LogP contribution in [0.25, 0.3) is 28.4 Å². The largest absolute Gasteiger partial charge is 0.280 e. The fourth-order valence-corrected chi connectivity index (χ4v) is 3.42. The number of carbonyl (C=O) groups excluding carboxylic acids is 1. The number of aromatic nitrogens is 2. The highest BCUT2D eigenvalue weighted by atomic mass is 79.9. The maximum absolute atomic E-state index is 13.1. The summed E-state index contributed by atoms with van der Waals surface area (Å²) in [5.74, 6) is -0.122. The van der Waals surface area contributed by atoms with Crippen LogP contribution in [-0.4, -0.2) is 15.6 Å². The molecule has 0 unspecified atom stereocenters. The topological polar surface area (TPSA) is 64.0 Å². The van der Waals surface area contributed by atoms with Gasteiger partial charge in [-0.2, -0.15) is 4.68 Å². The second kappa shape index (κ2) is 8.65. The summed E-state index contributed by atoms with van der Waals surface area (Å²) < 4.78 is 2.07. The van der Waals surface area contributed by atoms with E-state index >= 15 is 0 Å². The lowest BCUT2D eigenvalue weighted by Crippen LogP contribution is -2.34. The van der Waals surface area contributed by atoms with Gasteiger partial charge in [-0.05, 0) is 48.0 Å². The molecule has 4 rings (SSSR count). The van der Waals surface area contributed by atoms with E-state index in [1.165, 1.54) is 10.8 Å². The van der Waals surface area contributed by atoms with Crippen molar-refractivity contribution in [1.82, 2.24) is 9.66 Å². The maximum Gasteiger partial charge on any atom is 0.280 e. The molecule has 3 aromatic carbocycles. The van der Waals surface area contributed by atoms with E-state index in [4.69, 9.17) is 11.6 Å². The predicted molar refractivity (Wildman–Crippen MR) is 124 cm³/mol. The smallest absolute Gasteiger partial charge is 0.268 e. The van der Waals surface area contributed by atoms with Gasteiger partial charge in [0.05, 0.1) is 10.9 Å². The Balaban J connectivity index is 1.75. The van der Waals surface area contributed by atoms with Crippen molar-refractivity contribution in [2.24, 2.45) is 0 Å². The summed E-state index contributed by atoms with van der Waals surface area (Å²) >= 11 is 9.38. The van der Waals surface area contributed by atoms with Crippen LogP contribution in [0.2, 0.25) is 5.02 Å². The first-order chi connectivity index (χ1) is 14.5. The highest BCUT2D eigenvalue weighted by molar-refractivity contribution is 9.10. The van der Waals surface area contributed by atoms with Crippen molar-refractivity contribution >= 4 is 50.4 Å². The minimum absolute atomic E-state index is 0.343. The quantitative estimate of drug-likeness (QED) is 0.405. The van der Waals surface area contributed by atoms with Gasteiger partial charge in [-0.15, -0.1) is 0 Å². The normalized spacial score (nSPS) is 11.1. The lowest BCUT2D eigenvalue weighted by Gasteiger charge is -2.13. The third-order valence-corrected chi connectivity index (χ3v) is 5.14. The molecule has 1 aromatic heterocycles. The van der Waals surface area contributed by atoms with Crippen LogP contribution in [0.1, 0.15) is 5.56 Å². The summed E-state index contributed by atoms with van der Waals surface area (Å²) in [6.07, 6.45) is 2.97. The van der Waals surface area contributed by atoms with Crippen molar-refractivity contribution in [2.75, 3.05) is 5.43 Å². The van der Waals surface area contributed by atoms with Gasteiger partial charge in [0, 0.05) is 21.1 Å². The van der Waals surface area contributed by atoms with Crippen molar-refractivity contribution in [3.8, 4) is 11.4 Å². The van der Waals surface area contributed by atoms with Gasteiger partial charge < -0.3 is 0 Å². The van der Waals surface area contributed by atoms with Gasteiger partial charge in [0.25, 0.3) is 11.5 Å². The minimum atomic E-state index is -0.465. The van der Waals surface area contributed by atoms with Gasteiger partial charge in [-0.25, -0.2) is 4.98 Å². The summed E-state index contributed by atoms with van der Waals surface area (Å²) in [5, 5.41) is 0.988. The molecule has 0 bridgehead atoms. The van der Waals surface area contributed by atoms with E-state index in [0.29, 0.717) is 27.3 Å². The van der Waals surface area contributed by atoms with E-state index in [1.807, 2.05) is 36.4 Å². The molecule has 0 saturated carbocycles. The Morgan fingerprint density at radius 2 is 1.80 bits per heavy atom. The van der Waals surface area contributed by atoms with E-state index in [-0.39, 0.29) is 5.56 Å². The number of halogens is 2. The number of para-hydroxylation sites is 1. The number of amides is 1. The van der Waals surface area contributed by atoms with Gasteiger partial charge in [0.1, 0.15) is 0 Å². The molecule has 1 N–H and O–H groups in total. The molecule has 0 aliphatic rings. The third kappa shape index (κ3) is 4.35. The van der Waals surface area contributed by atoms with Crippen molar-refractivity contribution in [2.45, 2.75) is 0 Å². The number of fused-ring (bicyclic) bond motifs is 1. The Hall–Kier alpha value is -3.22. The Kier molecular flexibility index (Phi) is 5.79. The molecule has 0 atom stereocenters. The Bertz CT molecular complexity index is 1330. The molecular formula is C23H15BrClN3O2. The van der Waals surface area contributed by atoms with E-state index in [2.05, 4.69) is 26.3 Å². The summed E-state index contributed by atoms with van der Waals surface area (Å²) in [7, 11) is 0. The minimum Gasteiger partial charge on any atom is -0.268 e. The van der Waals surface area contributed by atoms with Crippen molar-refractivity contribution < 1.29 is 4.79 Å². The van der Waals surface area contributed by atoms with Crippen LogP contribution >= 0.6 is 27.5 Å². The number of hydrogen-bond acceptors (Lipinski definition) is 3. The summed E-state index contributed by atoms with van der Waals surface area (Å²) in [5.41, 5.74) is 4.31. The number of nitrogens with zero attached hydrogens (tertiary/aromatic N) is 2. The highest BCUT2D eigenvalue weighted by Crippen LogP contribution is 2.21. The van der Waals surface area contributed by atoms with Crippen LogP contribution in [-0.2, 0) is 4.79 Å². The van der Waals surface area contributed by atoms with Crippen LogP contribution < -0.4 is 11.0 Å². The van der Waals surface area contributed by atoms with E-state index < -0.39 is 5.91 Å². The molecule has 148 valence electrons. The molecule has 1 amide bonds. The number of hydrogen-bond donors (Lipinski definition) is 1. The molecule has 0 fully saturated rings. The van der Waals surface area contributed by atoms with E-state index in [9.17, 15) is 9.59 Å². The third-order valence-electron chi connectivity index (χ3n) is 4.38. The molecule has 1 heterocycles. The molecule has 30 heavy (non-hydrogen) atoms. The van der Waals surface area contributed by atoms with Crippen LogP contribution in [0.5, 0.6) is 0 Å². The van der Waals surface area contributed by atoms with E-state index in [1.54, 1.807) is 42.5 Å². The SMILES string of the molecule is O=C(/C=C/c1cccc(Cl)c1)Nn1c(-c2ccc(Br)cc2)nc2ccccc2c1=O. The standard InChI is InChI=1S/C23H15BrClN3O2/c24-17-11-9-16(10-12-17)22-26-20-7-2-1-6-19(20)23(30)28(22)27-21(29)13-8-15-4-3-5-18(25)14-15/h1-14H,(H,27,29)/b13-8+. The van der Waals surface area contributed by atoms with Gasteiger partial charge >= 0.3 is 0 Å². The summed E-state index contributed by atoms with van der Waals surface area (Å²) in [6.45, 7) is 0. The number of benzene rings is 3. The van der Waals surface area contributed by atoms with Crippen molar-refractivity contribution in [3.05, 3.63) is 104 Å². The van der Waals surface area contributed by atoms with Crippen molar-refractivity contribution in [3.63, 3.8) is 0 Å². The molecule has 5 nitrogen and oxygen atoms in total. The van der Waals surface area contributed by atoms with Crippen molar-refractivity contribution in [1.29, 1.82) is 0 Å². The van der Waals surface area contributed by atoms with Gasteiger partial charge in [-0.3, -0.25) is 15.0 Å². The lowest BCUT2D eigenvalue weighted by atomic mass is 10.2. The average molecular weight is 481 g/mol. The van der Waals surface area contributed by atoms with E-state index in [0.717, 1.165) is 10.0 Å². The van der Waals surface area contributed by atoms with Gasteiger partial charge in [-0.1, -0.05) is 63.9 Å². The lowest BCUT2D eigenvalue weighted by molar-refractivity contribution is -0.112. The van der Waals surface area contributed by atoms with Crippen LogP contribution in [0.3, 0.4) is 0 Å². The van der Waals surface area contributed by atoms with Gasteiger partial charge in [0.15, 0.2) is 5.82 Å². The Morgan fingerprint density at radius 3 is 2.57 bits per heavy atom. The van der Waals surface area contributed by atoms with Crippen LogP contribution in [0.4, 0.5) is 0 Å². The Morgan fingerprint density at radius 1 is 1.03 bits per heavy atom. The molecule has 0 radical (unpaired) electrons. The maximum atomic E-state index is 13.1. The van der Waals surface area contributed by atoms with Crippen LogP contribution in [0.15, 0.2) is 88.1 Å². The second-order valence-electron chi connectivity index (χ2n) is 6.46. The fraction of sp³-hybridized carbons (Fsp3) is 0. The fourth-order valence-electron chi connectivity index (χ4n) is 2.96. The molecule has 0 spiro atoms. The zero-order valence-electron chi connectivity index (χ0n) is 15.5. The zero-order chi connectivity index (χ0) is 21.1. The molecular weight excluding hydrogens is 466 g/mol. The molecule has 0 saturated heterocycles. The first-order valence-corrected chi connectivity index (χ1v) is 10.2. The number of carbonyl (C=O) groups is 1. The predicted octanol–water partition coefficient (Wildman–Crippen LogP) is 5.26. The molecule has 0 aliphatic carbocycles.